The Bertz CT molecular complexity index is 650. The number of amides is 1. The molecule has 4 N–H and O–H groups in total. The highest BCUT2D eigenvalue weighted by atomic mass is 35.5. The molecule has 7 heteroatoms. The van der Waals surface area contributed by atoms with Crippen molar-refractivity contribution in [3.8, 4) is 0 Å². The number of H-pyrrole nitrogens is 1. The van der Waals surface area contributed by atoms with E-state index < -0.39 is 0 Å². The van der Waals surface area contributed by atoms with Crippen molar-refractivity contribution < 1.29 is 4.79 Å². The third-order valence-corrected chi connectivity index (χ3v) is 3.20. The molecule has 0 saturated carbocycles. The van der Waals surface area contributed by atoms with Crippen LogP contribution in [-0.4, -0.2) is 30.2 Å². The number of carbonyl (C=O) groups is 1. The normalized spacial score (nSPS) is 10.4. The lowest BCUT2D eigenvalue weighted by Gasteiger charge is -2.15. The standard InChI is InChI=1S/C13H16ClN5O/c1-7-11(15)12(18-17-7)13(20)16-8-4-5-10(19(2)3)9(14)6-8/h4-6H,15H2,1-3H3,(H,16,20)(H,17,18). The third kappa shape index (κ3) is 2.70. The van der Waals surface area contributed by atoms with Gasteiger partial charge in [-0.05, 0) is 25.1 Å². The molecule has 6 nitrogen and oxygen atoms in total. The van der Waals surface area contributed by atoms with E-state index in [0.29, 0.717) is 22.1 Å². The van der Waals surface area contributed by atoms with Crippen LogP contribution in [-0.2, 0) is 0 Å². The second-order valence-corrected chi connectivity index (χ2v) is 5.03. The van der Waals surface area contributed by atoms with Crippen molar-refractivity contribution in [3.05, 3.63) is 34.6 Å². The van der Waals surface area contributed by atoms with Gasteiger partial charge in [0.15, 0.2) is 5.69 Å². The Morgan fingerprint density at radius 3 is 2.65 bits per heavy atom. The number of carbonyl (C=O) groups excluding carboxylic acids is 1. The zero-order valence-electron chi connectivity index (χ0n) is 11.5. The largest absolute Gasteiger partial charge is 0.395 e. The van der Waals surface area contributed by atoms with Crippen LogP contribution < -0.4 is 16.0 Å². The highest BCUT2D eigenvalue weighted by Gasteiger charge is 2.16. The van der Waals surface area contributed by atoms with E-state index >= 15 is 0 Å². The number of nitrogens with two attached hydrogens (primary N) is 1. The molecule has 0 aliphatic carbocycles. The number of aromatic nitrogens is 2. The predicted octanol–water partition coefficient (Wildman–Crippen LogP) is 2.27. The van der Waals surface area contributed by atoms with Crippen molar-refractivity contribution in [3.63, 3.8) is 0 Å². The monoisotopic (exact) mass is 293 g/mol. The van der Waals surface area contributed by atoms with E-state index in [1.165, 1.54) is 0 Å². The number of nitrogen functional groups attached to an aromatic ring is 1. The van der Waals surface area contributed by atoms with Crippen molar-refractivity contribution in [2.45, 2.75) is 6.92 Å². The molecule has 1 aromatic heterocycles. The average Bonchev–Trinajstić information content (AvgIpc) is 2.69. The van der Waals surface area contributed by atoms with Crippen LogP contribution in [0, 0.1) is 6.92 Å². The van der Waals surface area contributed by atoms with Crippen LogP contribution >= 0.6 is 11.6 Å². The summed E-state index contributed by atoms with van der Waals surface area (Å²) in [4.78, 5) is 13.9. The lowest BCUT2D eigenvalue weighted by Crippen LogP contribution is -2.15. The second kappa shape index (κ2) is 5.42. The summed E-state index contributed by atoms with van der Waals surface area (Å²) < 4.78 is 0. The summed E-state index contributed by atoms with van der Waals surface area (Å²) >= 11 is 6.15. The summed E-state index contributed by atoms with van der Waals surface area (Å²) in [5.74, 6) is -0.375. The fourth-order valence-corrected chi connectivity index (χ4v) is 2.10. The SMILES string of the molecule is Cc1[nH]nc(C(=O)Nc2ccc(N(C)C)c(Cl)c2)c1N. The van der Waals surface area contributed by atoms with Crippen molar-refractivity contribution >= 4 is 34.6 Å². The van der Waals surface area contributed by atoms with Crippen LogP contribution in [0.4, 0.5) is 17.1 Å². The van der Waals surface area contributed by atoms with Crippen LogP contribution in [0.1, 0.15) is 16.2 Å². The molecule has 1 amide bonds. The minimum absolute atomic E-state index is 0.176. The molecule has 0 unspecified atom stereocenters. The van der Waals surface area contributed by atoms with Crippen LogP contribution in [0.15, 0.2) is 18.2 Å². The minimum Gasteiger partial charge on any atom is -0.395 e. The van der Waals surface area contributed by atoms with Gasteiger partial charge in [0.2, 0.25) is 0 Å². The Morgan fingerprint density at radius 1 is 1.45 bits per heavy atom. The van der Waals surface area contributed by atoms with Gasteiger partial charge in [0.05, 0.1) is 22.1 Å². The van der Waals surface area contributed by atoms with Gasteiger partial charge in [0, 0.05) is 19.8 Å². The molecule has 2 aromatic rings. The molecule has 1 heterocycles. The Labute approximate surface area is 121 Å². The molecule has 2 rings (SSSR count). The summed E-state index contributed by atoms with van der Waals surface area (Å²) in [7, 11) is 3.79. The number of nitrogens with one attached hydrogen (secondary N) is 2. The molecule has 0 radical (unpaired) electrons. The topological polar surface area (TPSA) is 87.0 Å². The van der Waals surface area contributed by atoms with Crippen molar-refractivity contribution in [1.82, 2.24) is 10.2 Å². The Kier molecular flexibility index (Phi) is 3.85. The number of anilines is 3. The number of halogens is 1. The van der Waals surface area contributed by atoms with Gasteiger partial charge in [-0.25, -0.2) is 0 Å². The van der Waals surface area contributed by atoms with Gasteiger partial charge in [0.1, 0.15) is 0 Å². The lowest BCUT2D eigenvalue weighted by atomic mass is 10.2. The molecule has 106 valence electrons. The van der Waals surface area contributed by atoms with E-state index in [9.17, 15) is 4.79 Å². The zero-order valence-corrected chi connectivity index (χ0v) is 12.2. The molecular weight excluding hydrogens is 278 g/mol. The quantitative estimate of drug-likeness (QED) is 0.810. The van der Waals surface area contributed by atoms with Gasteiger partial charge >= 0.3 is 0 Å². The highest BCUT2D eigenvalue weighted by molar-refractivity contribution is 6.33. The smallest absolute Gasteiger partial charge is 0.278 e. The minimum atomic E-state index is -0.375. The van der Waals surface area contributed by atoms with Gasteiger partial charge in [-0.1, -0.05) is 11.6 Å². The Morgan fingerprint density at radius 2 is 2.15 bits per heavy atom. The number of benzene rings is 1. The number of aryl methyl sites for hydroxylation is 1. The second-order valence-electron chi connectivity index (χ2n) is 4.63. The molecule has 0 bridgehead atoms. The summed E-state index contributed by atoms with van der Waals surface area (Å²) in [6.45, 7) is 1.75. The Hall–Kier alpha value is -2.21. The molecule has 0 aliphatic heterocycles. The van der Waals surface area contributed by atoms with Crippen molar-refractivity contribution in [2.24, 2.45) is 0 Å². The summed E-state index contributed by atoms with van der Waals surface area (Å²) in [5, 5.41) is 9.82. The lowest BCUT2D eigenvalue weighted by molar-refractivity contribution is 0.102. The molecule has 0 saturated heterocycles. The number of hydrogen-bond acceptors (Lipinski definition) is 4. The molecule has 1 aromatic carbocycles. The number of rotatable bonds is 3. The maximum Gasteiger partial charge on any atom is 0.278 e. The maximum absolute atomic E-state index is 12.1. The van der Waals surface area contributed by atoms with Gasteiger partial charge in [0.25, 0.3) is 5.91 Å². The number of aromatic amines is 1. The first-order valence-corrected chi connectivity index (χ1v) is 6.36. The summed E-state index contributed by atoms with van der Waals surface area (Å²) in [5.41, 5.74) is 8.41. The van der Waals surface area contributed by atoms with Gasteiger partial charge in [-0.15, -0.1) is 0 Å². The third-order valence-electron chi connectivity index (χ3n) is 2.90. The average molecular weight is 294 g/mol. The first-order valence-electron chi connectivity index (χ1n) is 5.99. The van der Waals surface area contributed by atoms with Crippen LogP contribution in [0.25, 0.3) is 0 Å². The first-order chi connectivity index (χ1) is 9.40. The fraction of sp³-hybridized carbons (Fsp3) is 0.231. The van der Waals surface area contributed by atoms with E-state index in [-0.39, 0.29) is 11.6 Å². The maximum atomic E-state index is 12.1. The number of hydrogen-bond donors (Lipinski definition) is 3. The van der Waals surface area contributed by atoms with E-state index in [2.05, 4.69) is 15.5 Å². The van der Waals surface area contributed by atoms with E-state index in [0.717, 1.165) is 5.69 Å². The van der Waals surface area contributed by atoms with Crippen LogP contribution in [0.3, 0.4) is 0 Å². The first kappa shape index (κ1) is 14.2. The molecule has 0 spiro atoms. The molecule has 0 fully saturated rings. The molecular formula is C13H16ClN5O. The van der Waals surface area contributed by atoms with Gasteiger partial charge < -0.3 is 16.0 Å². The van der Waals surface area contributed by atoms with E-state index in [1.807, 2.05) is 25.1 Å². The highest BCUT2D eigenvalue weighted by Crippen LogP contribution is 2.27. The predicted molar refractivity (Wildman–Crippen MR) is 81.5 cm³/mol. The van der Waals surface area contributed by atoms with Crippen molar-refractivity contribution in [1.29, 1.82) is 0 Å². The van der Waals surface area contributed by atoms with Crippen molar-refractivity contribution in [2.75, 3.05) is 30.0 Å². The molecule has 20 heavy (non-hydrogen) atoms. The van der Waals surface area contributed by atoms with Gasteiger partial charge in [-0.3, -0.25) is 9.89 Å². The fourth-order valence-electron chi connectivity index (χ4n) is 1.75. The van der Waals surface area contributed by atoms with E-state index in [1.54, 1.807) is 19.1 Å². The molecule has 0 atom stereocenters. The zero-order chi connectivity index (χ0) is 14.9. The van der Waals surface area contributed by atoms with Crippen LogP contribution in [0.2, 0.25) is 5.02 Å². The Balaban J connectivity index is 2.20. The van der Waals surface area contributed by atoms with Crippen LogP contribution in [0.5, 0.6) is 0 Å². The summed E-state index contributed by atoms with van der Waals surface area (Å²) in [6, 6.07) is 5.29. The van der Waals surface area contributed by atoms with Gasteiger partial charge in [-0.2, -0.15) is 5.10 Å². The summed E-state index contributed by atoms with van der Waals surface area (Å²) in [6.07, 6.45) is 0. The number of nitrogens with zero attached hydrogens (tertiary/aromatic N) is 2. The van der Waals surface area contributed by atoms with E-state index in [4.69, 9.17) is 17.3 Å². The molecule has 0 aliphatic rings.